The first-order valence-corrected chi connectivity index (χ1v) is 8.12. The second-order valence-electron chi connectivity index (χ2n) is 6.00. The maximum Gasteiger partial charge on any atom is 0.0580 e. The third-order valence-electron chi connectivity index (χ3n) is 4.46. The fourth-order valence-electron chi connectivity index (χ4n) is 3.27. The Morgan fingerprint density at radius 2 is 0.913 bits per heavy atom. The van der Waals surface area contributed by atoms with Crippen LogP contribution in [0.2, 0.25) is 0 Å². The van der Waals surface area contributed by atoms with E-state index in [0.717, 1.165) is 6.42 Å². The molecule has 0 aliphatic carbocycles. The number of hydrogen-bond acceptors (Lipinski definition) is 2. The van der Waals surface area contributed by atoms with Crippen molar-refractivity contribution in [3.8, 4) is 0 Å². The molecule has 1 heterocycles. The molecule has 114 valence electrons. The summed E-state index contributed by atoms with van der Waals surface area (Å²) in [6, 6.07) is 30.4. The monoisotopic (exact) mass is 300 g/mol. The normalized spacial score (nSPS) is 19.8. The molecule has 0 bridgehead atoms. The van der Waals surface area contributed by atoms with Crippen LogP contribution in [0, 0.1) is 0 Å². The Labute approximate surface area is 137 Å². The van der Waals surface area contributed by atoms with Gasteiger partial charge in [-0.05, 0) is 29.7 Å². The fourth-order valence-corrected chi connectivity index (χ4v) is 3.27. The Morgan fingerprint density at radius 1 is 0.522 bits per heavy atom. The Hall–Kier alpha value is -2.74. The van der Waals surface area contributed by atoms with E-state index in [2.05, 4.69) is 95.6 Å². The molecular weight excluding hydrogens is 280 g/mol. The standard InChI is InChI=1S/C21H20N2/c1-3-9-16(10-4-1)20-15-21(17-11-5-2-6-12-17)23-19-14-8-7-13-18(19)22-20/h1-14,20-23H,15H2/t20-,21+. The Morgan fingerprint density at radius 3 is 1.35 bits per heavy atom. The van der Waals surface area contributed by atoms with Gasteiger partial charge in [0.2, 0.25) is 0 Å². The largest absolute Gasteiger partial charge is 0.376 e. The third kappa shape index (κ3) is 2.93. The molecule has 0 aromatic heterocycles. The quantitative estimate of drug-likeness (QED) is 0.662. The van der Waals surface area contributed by atoms with Crippen LogP contribution in [0.4, 0.5) is 11.4 Å². The fraction of sp³-hybridized carbons (Fsp3) is 0.143. The summed E-state index contributed by atoms with van der Waals surface area (Å²) in [5, 5.41) is 7.43. The highest BCUT2D eigenvalue weighted by molar-refractivity contribution is 5.70. The molecule has 2 heteroatoms. The van der Waals surface area contributed by atoms with Crippen LogP contribution in [0.15, 0.2) is 84.9 Å². The molecule has 2 nitrogen and oxygen atoms in total. The van der Waals surface area contributed by atoms with E-state index >= 15 is 0 Å². The average molecular weight is 300 g/mol. The van der Waals surface area contributed by atoms with Gasteiger partial charge in [-0.3, -0.25) is 0 Å². The van der Waals surface area contributed by atoms with Gasteiger partial charge in [-0.15, -0.1) is 0 Å². The first-order valence-electron chi connectivity index (χ1n) is 8.12. The maximum absolute atomic E-state index is 3.71. The van der Waals surface area contributed by atoms with E-state index in [9.17, 15) is 0 Å². The van der Waals surface area contributed by atoms with Crippen LogP contribution in [0.25, 0.3) is 0 Å². The van der Waals surface area contributed by atoms with Crippen molar-refractivity contribution in [2.45, 2.75) is 18.5 Å². The van der Waals surface area contributed by atoms with Gasteiger partial charge in [0.1, 0.15) is 0 Å². The summed E-state index contributed by atoms with van der Waals surface area (Å²) < 4.78 is 0. The minimum absolute atomic E-state index is 0.289. The third-order valence-corrected chi connectivity index (χ3v) is 4.46. The number of hydrogen-bond donors (Lipinski definition) is 2. The van der Waals surface area contributed by atoms with Crippen molar-refractivity contribution in [3.05, 3.63) is 96.1 Å². The smallest absolute Gasteiger partial charge is 0.0580 e. The topological polar surface area (TPSA) is 24.1 Å². The van der Waals surface area contributed by atoms with E-state index in [1.54, 1.807) is 0 Å². The Balaban J connectivity index is 1.74. The highest BCUT2D eigenvalue weighted by atomic mass is 15.0. The van der Waals surface area contributed by atoms with E-state index < -0.39 is 0 Å². The lowest BCUT2D eigenvalue weighted by Crippen LogP contribution is -2.15. The van der Waals surface area contributed by atoms with Gasteiger partial charge < -0.3 is 10.6 Å². The minimum atomic E-state index is 0.289. The lowest BCUT2D eigenvalue weighted by atomic mass is 9.95. The number of rotatable bonds is 2. The molecule has 4 rings (SSSR count). The van der Waals surface area contributed by atoms with Gasteiger partial charge in [0.15, 0.2) is 0 Å². The van der Waals surface area contributed by atoms with Crippen molar-refractivity contribution < 1.29 is 0 Å². The number of nitrogens with one attached hydrogen (secondary N) is 2. The van der Waals surface area contributed by atoms with Crippen LogP contribution in [0.3, 0.4) is 0 Å². The summed E-state index contributed by atoms with van der Waals surface area (Å²) in [6.07, 6.45) is 1.00. The van der Waals surface area contributed by atoms with Crippen molar-refractivity contribution in [1.29, 1.82) is 0 Å². The highest BCUT2D eigenvalue weighted by Gasteiger charge is 2.24. The van der Waals surface area contributed by atoms with Crippen LogP contribution < -0.4 is 10.6 Å². The molecule has 1 aliphatic heterocycles. The van der Waals surface area contributed by atoms with Gasteiger partial charge in [-0.1, -0.05) is 72.8 Å². The number of fused-ring (bicyclic) bond motifs is 1. The van der Waals surface area contributed by atoms with Gasteiger partial charge in [0.25, 0.3) is 0 Å². The summed E-state index contributed by atoms with van der Waals surface area (Å²) in [5.74, 6) is 0. The molecule has 0 radical (unpaired) electrons. The molecular formula is C21H20N2. The van der Waals surface area contributed by atoms with Crippen molar-refractivity contribution in [3.63, 3.8) is 0 Å². The van der Waals surface area contributed by atoms with Crippen LogP contribution >= 0.6 is 0 Å². The second-order valence-corrected chi connectivity index (χ2v) is 6.00. The average Bonchev–Trinajstić information content (AvgIpc) is 2.83. The lowest BCUT2D eigenvalue weighted by Gasteiger charge is -2.22. The van der Waals surface area contributed by atoms with Crippen LogP contribution in [0.1, 0.15) is 29.6 Å². The molecule has 0 fully saturated rings. The molecule has 0 saturated heterocycles. The molecule has 2 atom stereocenters. The number of para-hydroxylation sites is 2. The minimum Gasteiger partial charge on any atom is -0.376 e. The first-order chi connectivity index (χ1) is 11.4. The highest BCUT2D eigenvalue weighted by Crippen LogP contribution is 2.38. The zero-order chi connectivity index (χ0) is 15.5. The summed E-state index contributed by atoms with van der Waals surface area (Å²) in [7, 11) is 0. The van der Waals surface area contributed by atoms with Gasteiger partial charge in [0.05, 0.1) is 23.5 Å². The molecule has 3 aromatic carbocycles. The molecule has 23 heavy (non-hydrogen) atoms. The van der Waals surface area contributed by atoms with Crippen molar-refractivity contribution in [1.82, 2.24) is 0 Å². The molecule has 0 saturated carbocycles. The second kappa shape index (κ2) is 6.17. The van der Waals surface area contributed by atoms with Crippen molar-refractivity contribution in [2.24, 2.45) is 0 Å². The molecule has 3 aromatic rings. The summed E-state index contributed by atoms with van der Waals surface area (Å²) >= 11 is 0. The molecule has 0 unspecified atom stereocenters. The molecule has 0 amide bonds. The van der Waals surface area contributed by atoms with Crippen molar-refractivity contribution in [2.75, 3.05) is 10.6 Å². The van der Waals surface area contributed by atoms with E-state index in [0.29, 0.717) is 0 Å². The molecule has 2 N–H and O–H groups in total. The molecule has 0 spiro atoms. The zero-order valence-corrected chi connectivity index (χ0v) is 12.9. The van der Waals surface area contributed by atoms with Crippen LogP contribution in [0.5, 0.6) is 0 Å². The van der Waals surface area contributed by atoms with Crippen molar-refractivity contribution >= 4 is 11.4 Å². The Kier molecular flexibility index (Phi) is 3.73. The Bertz CT molecular complexity index is 702. The lowest BCUT2D eigenvalue weighted by molar-refractivity contribution is 0.623. The van der Waals surface area contributed by atoms with E-state index in [-0.39, 0.29) is 12.1 Å². The van der Waals surface area contributed by atoms with Gasteiger partial charge in [-0.25, -0.2) is 0 Å². The van der Waals surface area contributed by atoms with Gasteiger partial charge in [0, 0.05) is 0 Å². The predicted octanol–water partition coefficient (Wildman–Crippen LogP) is 5.40. The zero-order valence-electron chi connectivity index (χ0n) is 12.9. The SMILES string of the molecule is c1ccc([C@@H]2C[C@H](c3ccccc3)Nc3ccccc3N2)cc1. The predicted molar refractivity (Wildman–Crippen MR) is 96.7 cm³/mol. The maximum atomic E-state index is 3.71. The van der Waals surface area contributed by atoms with Gasteiger partial charge >= 0.3 is 0 Å². The summed E-state index contributed by atoms with van der Waals surface area (Å²) in [6.45, 7) is 0. The number of benzene rings is 3. The van der Waals surface area contributed by atoms with E-state index in [1.807, 2.05) is 0 Å². The van der Waals surface area contributed by atoms with E-state index in [1.165, 1.54) is 22.5 Å². The summed E-state index contributed by atoms with van der Waals surface area (Å²) in [5.41, 5.74) is 4.98. The van der Waals surface area contributed by atoms with Crippen LogP contribution in [-0.2, 0) is 0 Å². The van der Waals surface area contributed by atoms with Gasteiger partial charge in [-0.2, -0.15) is 0 Å². The first kappa shape index (κ1) is 13.9. The number of anilines is 2. The molecule has 1 aliphatic rings. The van der Waals surface area contributed by atoms with Crippen LogP contribution in [-0.4, -0.2) is 0 Å². The summed E-state index contributed by atoms with van der Waals surface area (Å²) in [4.78, 5) is 0. The van der Waals surface area contributed by atoms with E-state index in [4.69, 9.17) is 0 Å².